The standard InChI is InChI=1S/C12H19NO3/c1-3-6-16-10-9-12(10,2)11(14)13-4-7-15-8-5-13/h3,10H,1,4-9H2,2H3/t10-,12+/m1/s1. The molecule has 1 amide bonds. The lowest BCUT2D eigenvalue weighted by Gasteiger charge is -2.29. The molecule has 2 aliphatic rings. The first-order valence-electron chi connectivity index (χ1n) is 5.78. The van der Waals surface area contributed by atoms with Gasteiger partial charge in [0, 0.05) is 13.1 Å². The molecule has 1 aliphatic carbocycles. The number of carbonyl (C=O) groups is 1. The first-order chi connectivity index (χ1) is 7.68. The average Bonchev–Trinajstić information content (AvgIpc) is 2.99. The molecule has 1 aliphatic heterocycles. The Balaban J connectivity index is 1.87. The number of hydrogen-bond donors (Lipinski definition) is 0. The van der Waals surface area contributed by atoms with Crippen LogP contribution in [0.25, 0.3) is 0 Å². The normalized spacial score (nSPS) is 33.6. The number of hydrogen-bond acceptors (Lipinski definition) is 3. The van der Waals surface area contributed by atoms with Crippen molar-refractivity contribution in [2.75, 3.05) is 32.9 Å². The van der Waals surface area contributed by atoms with Crippen LogP contribution >= 0.6 is 0 Å². The van der Waals surface area contributed by atoms with Crippen molar-refractivity contribution in [3.8, 4) is 0 Å². The predicted octanol–water partition coefficient (Wildman–Crippen LogP) is 0.826. The maximum atomic E-state index is 12.2. The van der Waals surface area contributed by atoms with E-state index in [4.69, 9.17) is 9.47 Å². The summed E-state index contributed by atoms with van der Waals surface area (Å²) in [6, 6.07) is 0. The van der Waals surface area contributed by atoms with Gasteiger partial charge in [0.1, 0.15) is 0 Å². The number of rotatable bonds is 4. The zero-order valence-electron chi connectivity index (χ0n) is 9.78. The van der Waals surface area contributed by atoms with E-state index >= 15 is 0 Å². The largest absolute Gasteiger partial charge is 0.378 e. The lowest BCUT2D eigenvalue weighted by Crippen LogP contribution is -2.44. The van der Waals surface area contributed by atoms with Crippen LogP contribution in [-0.4, -0.2) is 49.8 Å². The highest BCUT2D eigenvalue weighted by atomic mass is 16.5. The molecular weight excluding hydrogens is 206 g/mol. The summed E-state index contributed by atoms with van der Waals surface area (Å²) in [6.07, 6.45) is 2.62. The van der Waals surface area contributed by atoms with Gasteiger partial charge in [-0.2, -0.15) is 0 Å². The smallest absolute Gasteiger partial charge is 0.231 e. The molecule has 0 spiro atoms. The number of nitrogens with zero attached hydrogens (tertiary/aromatic N) is 1. The van der Waals surface area contributed by atoms with Crippen LogP contribution in [0.5, 0.6) is 0 Å². The summed E-state index contributed by atoms with van der Waals surface area (Å²) in [7, 11) is 0. The second-order valence-electron chi connectivity index (χ2n) is 4.64. The van der Waals surface area contributed by atoms with Crippen molar-refractivity contribution in [3.05, 3.63) is 12.7 Å². The molecule has 0 N–H and O–H groups in total. The Morgan fingerprint density at radius 3 is 2.94 bits per heavy atom. The molecule has 0 unspecified atom stereocenters. The van der Waals surface area contributed by atoms with Crippen molar-refractivity contribution in [2.24, 2.45) is 5.41 Å². The monoisotopic (exact) mass is 225 g/mol. The van der Waals surface area contributed by atoms with Gasteiger partial charge in [0.2, 0.25) is 5.91 Å². The van der Waals surface area contributed by atoms with Gasteiger partial charge < -0.3 is 14.4 Å². The zero-order valence-corrected chi connectivity index (χ0v) is 9.78. The van der Waals surface area contributed by atoms with Crippen molar-refractivity contribution in [3.63, 3.8) is 0 Å². The number of amides is 1. The minimum atomic E-state index is -0.305. The van der Waals surface area contributed by atoms with Crippen LogP contribution in [0.3, 0.4) is 0 Å². The molecule has 0 bridgehead atoms. The highest BCUT2D eigenvalue weighted by Gasteiger charge is 2.58. The van der Waals surface area contributed by atoms with Gasteiger partial charge in [-0.3, -0.25) is 4.79 Å². The van der Waals surface area contributed by atoms with E-state index in [9.17, 15) is 4.79 Å². The van der Waals surface area contributed by atoms with Crippen LogP contribution in [-0.2, 0) is 14.3 Å². The quantitative estimate of drug-likeness (QED) is 0.665. The average molecular weight is 225 g/mol. The van der Waals surface area contributed by atoms with Gasteiger partial charge >= 0.3 is 0 Å². The van der Waals surface area contributed by atoms with Crippen molar-refractivity contribution < 1.29 is 14.3 Å². The summed E-state index contributed by atoms with van der Waals surface area (Å²) in [6.45, 7) is 8.84. The molecule has 90 valence electrons. The van der Waals surface area contributed by atoms with Crippen molar-refractivity contribution >= 4 is 5.91 Å². The molecule has 1 heterocycles. The second kappa shape index (κ2) is 4.55. The van der Waals surface area contributed by atoms with E-state index in [0.29, 0.717) is 32.9 Å². The Kier molecular flexibility index (Phi) is 3.30. The van der Waals surface area contributed by atoms with Gasteiger partial charge in [0.05, 0.1) is 31.3 Å². The Labute approximate surface area is 96.2 Å². The molecule has 4 heteroatoms. The van der Waals surface area contributed by atoms with Gasteiger partial charge in [-0.25, -0.2) is 0 Å². The van der Waals surface area contributed by atoms with Crippen LogP contribution in [0, 0.1) is 5.41 Å². The minimum absolute atomic E-state index is 0.0702. The second-order valence-corrected chi connectivity index (χ2v) is 4.64. The Morgan fingerprint density at radius 2 is 2.31 bits per heavy atom. The third kappa shape index (κ3) is 2.13. The number of ether oxygens (including phenoxy) is 2. The zero-order chi connectivity index (χ0) is 11.6. The van der Waals surface area contributed by atoms with E-state index in [-0.39, 0.29) is 17.4 Å². The summed E-state index contributed by atoms with van der Waals surface area (Å²) >= 11 is 0. The molecule has 0 radical (unpaired) electrons. The van der Waals surface area contributed by atoms with Crippen molar-refractivity contribution in [1.82, 2.24) is 4.90 Å². The molecule has 2 rings (SSSR count). The molecular formula is C12H19NO3. The molecule has 4 nitrogen and oxygen atoms in total. The van der Waals surface area contributed by atoms with E-state index in [1.165, 1.54) is 0 Å². The highest BCUT2D eigenvalue weighted by molar-refractivity contribution is 5.86. The van der Waals surface area contributed by atoms with E-state index < -0.39 is 0 Å². The number of carbonyl (C=O) groups excluding carboxylic acids is 1. The fourth-order valence-electron chi connectivity index (χ4n) is 2.11. The highest BCUT2D eigenvalue weighted by Crippen LogP contribution is 2.49. The molecule has 16 heavy (non-hydrogen) atoms. The summed E-state index contributed by atoms with van der Waals surface area (Å²) < 4.78 is 10.8. The lowest BCUT2D eigenvalue weighted by atomic mass is 10.1. The molecule has 0 aromatic carbocycles. The SMILES string of the molecule is C=CCO[C@@H]1C[C@]1(C)C(=O)N1CCOCC1. The van der Waals surface area contributed by atoms with E-state index in [1.807, 2.05) is 11.8 Å². The molecule has 0 aromatic rings. The summed E-state index contributed by atoms with van der Waals surface area (Å²) in [4.78, 5) is 14.1. The molecule has 1 saturated carbocycles. The van der Waals surface area contributed by atoms with Crippen molar-refractivity contribution in [2.45, 2.75) is 19.4 Å². The first-order valence-corrected chi connectivity index (χ1v) is 5.78. The Hall–Kier alpha value is -0.870. The first kappa shape index (κ1) is 11.6. The van der Waals surface area contributed by atoms with E-state index in [1.54, 1.807) is 6.08 Å². The van der Waals surface area contributed by atoms with Gasteiger partial charge in [-0.1, -0.05) is 6.08 Å². The molecule has 2 atom stereocenters. The third-order valence-corrected chi connectivity index (χ3v) is 3.36. The van der Waals surface area contributed by atoms with Crippen LogP contribution in [0.2, 0.25) is 0 Å². The summed E-state index contributed by atoms with van der Waals surface area (Å²) in [5, 5.41) is 0. The fourth-order valence-corrected chi connectivity index (χ4v) is 2.11. The van der Waals surface area contributed by atoms with Crippen LogP contribution < -0.4 is 0 Å². The van der Waals surface area contributed by atoms with Crippen molar-refractivity contribution in [1.29, 1.82) is 0 Å². The molecule has 2 fully saturated rings. The van der Waals surface area contributed by atoms with Gasteiger partial charge in [0.15, 0.2) is 0 Å². The van der Waals surface area contributed by atoms with Crippen LogP contribution in [0.15, 0.2) is 12.7 Å². The van der Waals surface area contributed by atoms with E-state index in [2.05, 4.69) is 6.58 Å². The maximum absolute atomic E-state index is 12.2. The van der Waals surface area contributed by atoms with Gasteiger partial charge in [-0.05, 0) is 13.3 Å². The lowest BCUT2D eigenvalue weighted by molar-refractivity contribution is -0.142. The van der Waals surface area contributed by atoms with E-state index in [0.717, 1.165) is 6.42 Å². The summed E-state index contributed by atoms with van der Waals surface area (Å²) in [5.41, 5.74) is -0.305. The summed E-state index contributed by atoms with van der Waals surface area (Å²) in [5.74, 6) is 0.213. The Morgan fingerprint density at radius 1 is 1.62 bits per heavy atom. The van der Waals surface area contributed by atoms with Gasteiger partial charge in [-0.15, -0.1) is 6.58 Å². The topological polar surface area (TPSA) is 38.8 Å². The third-order valence-electron chi connectivity index (χ3n) is 3.36. The maximum Gasteiger partial charge on any atom is 0.231 e. The van der Waals surface area contributed by atoms with Crippen LogP contribution in [0.4, 0.5) is 0 Å². The Bertz CT molecular complexity index is 286. The van der Waals surface area contributed by atoms with Crippen LogP contribution in [0.1, 0.15) is 13.3 Å². The molecule has 1 saturated heterocycles. The minimum Gasteiger partial charge on any atom is -0.378 e. The number of morpholine rings is 1. The fraction of sp³-hybridized carbons (Fsp3) is 0.750. The molecule has 0 aromatic heterocycles. The predicted molar refractivity (Wildman–Crippen MR) is 60.1 cm³/mol. The van der Waals surface area contributed by atoms with Gasteiger partial charge in [0.25, 0.3) is 0 Å².